The summed E-state index contributed by atoms with van der Waals surface area (Å²) in [5.41, 5.74) is 8.28. The Morgan fingerprint density at radius 2 is 2.27 bits per heavy atom. The Bertz CT molecular complexity index is 464. The molecule has 0 aromatic carbocycles. The molecule has 2 aromatic heterocycles. The maximum absolute atomic E-state index is 5.63. The van der Waals surface area contributed by atoms with E-state index in [-0.39, 0.29) is 0 Å². The minimum atomic E-state index is 0.455. The SMILES string of the molecule is Cn1nc(-c2ccccn2)c(Br)c1CN. The number of halogens is 1. The Morgan fingerprint density at radius 3 is 2.80 bits per heavy atom. The summed E-state index contributed by atoms with van der Waals surface area (Å²) in [6.45, 7) is 0.455. The van der Waals surface area contributed by atoms with Gasteiger partial charge in [0.1, 0.15) is 5.69 Å². The lowest BCUT2D eigenvalue weighted by molar-refractivity contribution is 0.712. The van der Waals surface area contributed by atoms with E-state index >= 15 is 0 Å². The molecule has 2 aromatic rings. The monoisotopic (exact) mass is 266 g/mol. The number of nitrogens with two attached hydrogens (primary N) is 1. The van der Waals surface area contributed by atoms with E-state index < -0.39 is 0 Å². The molecule has 2 heterocycles. The summed E-state index contributed by atoms with van der Waals surface area (Å²) in [7, 11) is 1.87. The second-order valence-corrected chi connectivity index (χ2v) is 3.94. The summed E-state index contributed by atoms with van der Waals surface area (Å²) >= 11 is 3.50. The number of nitrogens with zero attached hydrogens (tertiary/aromatic N) is 3. The van der Waals surface area contributed by atoms with Gasteiger partial charge in [0.05, 0.1) is 15.9 Å². The third-order valence-corrected chi connectivity index (χ3v) is 3.04. The summed E-state index contributed by atoms with van der Waals surface area (Å²) in [6.07, 6.45) is 1.75. The molecule has 0 aliphatic heterocycles. The summed E-state index contributed by atoms with van der Waals surface area (Å²) in [6, 6.07) is 5.74. The Kier molecular flexibility index (Phi) is 2.83. The number of aryl methyl sites for hydroxylation is 1. The molecular weight excluding hydrogens is 256 g/mol. The van der Waals surface area contributed by atoms with Crippen LogP contribution in [0.1, 0.15) is 5.69 Å². The van der Waals surface area contributed by atoms with E-state index in [1.54, 1.807) is 10.9 Å². The fraction of sp³-hybridized carbons (Fsp3) is 0.200. The van der Waals surface area contributed by atoms with Crippen molar-refractivity contribution < 1.29 is 0 Å². The van der Waals surface area contributed by atoms with Crippen molar-refractivity contribution in [1.82, 2.24) is 14.8 Å². The number of pyridine rings is 1. The predicted molar refractivity (Wildman–Crippen MR) is 62.0 cm³/mol. The largest absolute Gasteiger partial charge is 0.325 e. The van der Waals surface area contributed by atoms with Crippen LogP contribution in [-0.2, 0) is 13.6 Å². The van der Waals surface area contributed by atoms with Gasteiger partial charge in [-0.3, -0.25) is 9.67 Å². The van der Waals surface area contributed by atoms with Gasteiger partial charge in [-0.05, 0) is 28.1 Å². The molecule has 0 radical (unpaired) electrons. The topological polar surface area (TPSA) is 56.7 Å². The summed E-state index contributed by atoms with van der Waals surface area (Å²) in [4.78, 5) is 4.25. The van der Waals surface area contributed by atoms with Crippen LogP contribution in [0.5, 0.6) is 0 Å². The van der Waals surface area contributed by atoms with Gasteiger partial charge < -0.3 is 5.73 Å². The highest BCUT2D eigenvalue weighted by Crippen LogP contribution is 2.28. The first-order valence-electron chi connectivity index (χ1n) is 4.57. The van der Waals surface area contributed by atoms with E-state index in [1.165, 1.54) is 0 Å². The van der Waals surface area contributed by atoms with Crippen LogP contribution in [0, 0.1) is 0 Å². The zero-order valence-corrected chi connectivity index (χ0v) is 9.90. The average Bonchev–Trinajstić information content (AvgIpc) is 2.55. The maximum atomic E-state index is 5.63. The third kappa shape index (κ3) is 1.80. The van der Waals surface area contributed by atoms with Crippen LogP contribution >= 0.6 is 15.9 Å². The van der Waals surface area contributed by atoms with Gasteiger partial charge in [-0.1, -0.05) is 6.07 Å². The number of aromatic nitrogens is 3. The van der Waals surface area contributed by atoms with Crippen molar-refractivity contribution in [2.24, 2.45) is 12.8 Å². The van der Waals surface area contributed by atoms with Crippen LogP contribution in [0.25, 0.3) is 11.4 Å². The van der Waals surface area contributed by atoms with Crippen molar-refractivity contribution >= 4 is 15.9 Å². The molecule has 78 valence electrons. The minimum absolute atomic E-state index is 0.455. The van der Waals surface area contributed by atoms with Crippen LogP contribution in [0.3, 0.4) is 0 Å². The van der Waals surface area contributed by atoms with E-state index in [0.717, 1.165) is 21.6 Å². The molecule has 0 fully saturated rings. The smallest absolute Gasteiger partial charge is 0.125 e. The number of rotatable bonds is 2. The first-order valence-corrected chi connectivity index (χ1v) is 5.36. The predicted octanol–water partition coefficient (Wildman–Crippen LogP) is 1.70. The van der Waals surface area contributed by atoms with Gasteiger partial charge in [-0.25, -0.2) is 0 Å². The van der Waals surface area contributed by atoms with Gasteiger partial charge in [0.15, 0.2) is 0 Å². The van der Waals surface area contributed by atoms with Crippen molar-refractivity contribution in [2.75, 3.05) is 0 Å². The van der Waals surface area contributed by atoms with Crippen molar-refractivity contribution in [3.05, 3.63) is 34.6 Å². The first kappa shape index (κ1) is 10.3. The fourth-order valence-electron chi connectivity index (χ4n) is 1.42. The molecule has 0 spiro atoms. The standard InChI is InChI=1S/C10H11BrN4/c1-15-8(6-12)9(11)10(14-15)7-4-2-3-5-13-7/h2-5H,6,12H2,1H3. The molecule has 4 nitrogen and oxygen atoms in total. The fourth-order valence-corrected chi connectivity index (χ4v) is 2.12. The van der Waals surface area contributed by atoms with E-state index in [9.17, 15) is 0 Å². The average molecular weight is 267 g/mol. The number of hydrogen-bond donors (Lipinski definition) is 1. The van der Waals surface area contributed by atoms with E-state index in [2.05, 4.69) is 26.0 Å². The van der Waals surface area contributed by atoms with Crippen LogP contribution < -0.4 is 5.73 Å². The molecule has 2 N–H and O–H groups in total. The molecule has 15 heavy (non-hydrogen) atoms. The normalized spacial score (nSPS) is 10.6. The molecule has 0 saturated heterocycles. The van der Waals surface area contributed by atoms with Crippen molar-refractivity contribution in [3.8, 4) is 11.4 Å². The summed E-state index contributed by atoms with van der Waals surface area (Å²) in [5.74, 6) is 0. The van der Waals surface area contributed by atoms with Crippen LogP contribution in [-0.4, -0.2) is 14.8 Å². The second-order valence-electron chi connectivity index (χ2n) is 3.15. The van der Waals surface area contributed by atoms with Gasteiger partial charge >= 0.3 is 0 Å². The van der Waals surface area contributed by atoms with Crippen molar-refractivity contribution in [2.45, 2.75) is 6.54 Å². The van der Waals surface area contributed by atoms with Crippen LogP contribution in [0.2, 0.25) is 0 Å². The maximum Gasteiger partial charge on any atom is 0.125 e. The Balaban J connectivity index is 2.55. The Labute approximate surface area is 96.3 Å². The van der Waals surface area contributed by atoms with Gasteiger partial charge in [-0.2, -0.15) is 5.10 Å². The first-order chi connectivity index (χ1) is 7.24. The highest BCUT2D eigenvalue weighted by molar-refractivity contribution is 9.10. The lowest BCUT2D eigenvalue weighted by atomic mass is 10.2. The van der Waals surface area contributed by atoms with E-state index in [0.29, 0.717) is 6.54 Å². The minimum Gasteiger partial charge on any atom is -0.325 e. The van der Waals surface area contributed by atoms with E-state index in [4.69, 9.17) is 5.73 Å². The third-order valence-electron chi connectivity index (χ3n) is 2.20. The number of hydrogen-bond acceptors (Lipinski definition) is 3. The molecule has 0 aliphatic carbocycles. The van der Waals surface area contributed by atoms with Gasteiger partial charge in [0, 0.05) is 19.8 Å². The molecule has 0 unspecified atom stereocenters. The lowest BCUT2D eigenvalue weighted by Gasteiger charge is -1.96. The lowest BCUT2D eigenvalue weighted by Crippen LogP contribution is -2.04. The molecule has 0 saturated carbocycles. The highest BCUT2D eigenvalue weighted by atomic mass is 79.9. The molecule has 0 amide bonds. The van der Waals surface area contributed by atoms with Gasteiger partial charge in [0.25, 0.3) is 0 Å². The van der Waals surface area contributed by atoms with Crippen molar-refractivity contribution in [3.63, 3.8) is 0 Å². The second kappa shape index (κ2) is 4.12. The quantitative estimate of drug-likeness (QED) is 0.901. The summed E-state index contributed by atoms with van der Waals surface area (Å²) < 4.78 is 2.69. The molecule has 2 rings (SSSR count). The van der Waals surface area contributed by atoms with Gasteiger partial charge in [-0.15, -0.1) is 0 Å². The Hall–Kier alpha value is -1.20. The van der Waals surface area contributed by atoms with Crippen molar-refractivity contribution in [1.29, 1.82) is 0 Å². The van der Waals surface area contributed by atoms with Crippen LogP contribution in [0.4, 0.5) is 0 Å². The summed E-state index contributed by atoms with van der Waals surface area (Å²) in [5, 5.41) is 4.38. The van der Waals surface area contributed by atoms with Gasteiger partial charge in [0.2, 0.25) is 0 Å². The van der Waals surface area contributed by atoms with E-state index in [1.807, 2.05) is 25.2 Å². The zero-order chi connectivity index (χ0) is 10.8. The molecule has 0 atom stereocenters. The molecular formula is C10H11BrN4. The molecule has 0 aliphatic rings. The zero-order valence-electron chi connectivity index (χ0n) is 8.31. The molecule has 5 heteroatoms. The highest BCUT2D eigenvalue weighted by Gasteiger charge is 2.14. The Morgan fingerprint density at radius 1 is 1.47 bits per heavy atom. The van der Waals surface area contributed by atoms with Crippen LogP contribution in [0.15, 0.2) is 28.9 Å². The molecule has 0 bridgehead atoms.